The van der Waals surface area contributed by atoms with Crippen LogP contribution in [-0.4, -0.2) is 11.5 Å². The van der Waals surface area contributed by atoms with Crippen LogP contribution in [0.4, 0.5) is 5.82 Å². The molecule has 1 atom stereocenters. The SMILES string of the molecule is Cc1cc([C@H](C)N)cnc1N1CCc2ccccc2C1. The zero-order chi connectivity index (χ0) is 14.1. The van der Waals surface area contributed by atoms with Crippen molar-refractivity contribution < 1.29 is 0 Å². The van der Waals surface area contributed by atoms with E-state index in [1.54, 1.807) is 0 Å². The van der Waals surface area contributed by atoms with E-state index in [9.17, 15) is 0 Å². The van der Waals surface area contributed by atoms with Gasteiger partial charge in [-0.15, -0.1) is 0 Å². The molecule has 0 fully saturated rings. The van der Waals surface area contributed by atoms with Gasteiger partial charge in [-0.2, -0.15) is 0 Å². The quantitative estimate of drug-likeness (QED) is 0.909. The molecule has 0 spiro atoms. The molecule has 0 unspecified atom stereocenters. The van der Waals surface area contributed by atoms with Gasteiger partial charge in [-0.1, -0.05) is 24.3 Å². The van der Waals surface area contributed by atoms with Crippen molar-refractivity contribution in [2.75, 3.05) is 11.4 Å². The largest absolute Gasteiger partial charge is 0.352 e. The molecule has 0 aliphatic carbocycles. The first-order valence-electron chi connectivity index (χ1n) is 7.19. The highest BCUT2D eigenvalue weighted by atomic mass is 15.2. The maximum atomic E-state index is 5.92. The second-order valence-corrected chi connectivity index (χ2v) is 5.64. The van der Waals surface area contributed by atoms with Crippen LogP contribution < -0.4 is 10.6 Å². The summed E-state index contributed by atoms with van der Waals surface area (Å²) in [5.41, 5.74) is 11.1. The summed E-state index contributed by atoms with van der Waals surface area (Å²) in [6.45, 7) is 6.09. The molecule has 0 saturated heterocycles. The fourth-order valence-electron chi connectivity index (χ4n) is 2.85. The standard InChI is InChI=1S/C17H21N3/c1-12-9-16(13(2)18)10-19-17(12)20-8-7-14-5-3-4-6-15(14)11-20/h3-6,9-10,13H,7-8,11,18H2,1-2H3/t13-/m0/s1. The number of hydrogen-bond donors (Lipinski definition) is 1. The van der Waals surface area contributed by atoms with Crippen LogP contribution in [-0.2, 0) is 13.0 Å². The number of rotatable bonds is 2. The molecule has 104 valence electrons. The lowest BCUT2D eigenvalue weighted by molar-refractivity contribution is 0.715. The first-order valence-corrected chi connectivity index (χ1v) is 7.19. The third-order valence-electron chi connectivity index (χ3n) is 4.03. The van der Waals surface area contributed by atoms with Crippen LogP contribution in [0, 0.1) is 6.92 Å². The summed E-state index contributed by atoms with van der Waals surface area (Å²) in [4.78, 5) is 7.01. The Labute approximate surface area is 120 Å². The lowest BCUT2D eigenvalue weighted by atomic mass is 9.99. The smallest absolute Gasteiger partial charge is 0.131 e. The van der Waals surface area contributed by atoms with Crippen molar-refractivity contribution in [3.8, 4) is 0 Å². The minimum atomic E-state index is 0.0392. The van der Waals surface area contributed by atoms with Gasteiger partial charge in [0.05, 0.1) is 0 Å². The fraction of sp³-hybridized carbons (Fsp3) is 0.353. The summed E-state index contributed by atoms with van der Waals surface area (Å²) in [6, 6.07) is 10.9. The molecule has 3 rings (SSSR count). The molecule has 2 N–H and O–H groups in total. The third-order valence-corrected chi connectivity index (χ3v) is 4.03. The van der Waals surface area contributed by atoms with Gasteiger partial charge in [-0.25, -0.2) is 4.98 Å². The summed E-state index contributed by atoms with van der Waals surface area (Å²) in [5, 5.41) is 0. The van der Waals surface area contributed by atoms with Crippen LogP contribution in [0.15, 0.2) is 36.5 Å². The number of fused-ring (bicyclic) bond motifs is 1. The Morgan fingerprint density at radius 1 is 1.25 bits per heavy atom. The topological polar surface area (TPSA) is 42.1 Å². The van der Waals surface area contributed by atoms with E-state index < -0.39 is 0 Å². The molecule has 3 nitrogen and oxygen atoms in total. The highest BCUT2D eigenvalue weighted by Crippen LogP contribution is 2.26. The van der Waals surface area contributed by atoms with Gasteiger partial charge in [0.2, 0.25) is 0 Å². The van der Waals surface area contributed by atoms with Crippen LogP contribution in [0.5, 0.6) is 0 Å². The molecular weight excluding hydrogens is 246 g/mol. The highest BCUT2D eigenvalue weighted by molar-refractivity contribution is 5.50. The number of pyridine rings is 1. The van der Waals surface area contributed by atoms with E-state index in [4.69, 9.17) is 5.73 Å². The predicted molar refractivity (Wildman–Crippen MR) is 82.8 cm³/mol. The number of anilines is 1. The van der Waals surface area contributed by atoms with Crippen LogP contribution in [0.25, 0.3) is 0 Å². The number of aryl methyl sites for hydroxylation is 1. The zero-order valence-corrected chi connectivity index (χ0v) is 12.1. The van der Waals surface area contributed by atoms with Gasteiger partial charge in [-0.3, -0.25) is 0 Å². The van der Waals surface area contributed by atoms with Crippen molar-refractivity contribution in [1.82, 2.24) is 4.98 Å². The summed E-state index contributed by atoms with van der Waals surface area (Å²) in [7, 11) is 0. The Balaban J connectivity index is 1.88. The molecule has 3 heteroatoms. The Morgan fingerprint density at radius 3 is 2.70 bits per heavy atom. The third kappa shape index (κ3) is 2.41. The van der Waals surface area contributed by atoms with E-state index in [0.29, 0.717) is 0 Å². The van der Waals surface area contributed by atoms with Crippen molar-refractivity contribution in [1.29, 1.82) is 0 Å². The molecular formula is C17H21N3. The Morgan fingerprint density at radius 2 is 2.00 bits per heavy atom. The van der Waals surface area contributed by atoms with Crippen molar-refractivity contribution in [2.45, 2.75) is 32.9 Å². The Hall–Kier alpha value is -1.87. The van der Waals surface area contributed by atoms with Crippen LogP contribution in [0.2, 0.25) is 0 Å². The molecule has 2 heterocycles. The highest BCUT2D eigenvalue weighted by Gasteiger charge is 2.18. The second-order valence-electron chi connectivity index (χ2n) is 5.64. The molecule has 0 bridgehead atoms. The predicted octanol–water partition coefficient (Wildman–Crippen LogP) is 2.97. The van der Waals surface area contributed by atoms with Crippen LogP contribution in [0.3, 0.4) is 0 Å². The first kappa shape index (κ1) is 13.1. The van der Waals surface area contributed by atoms with E-state index in [1.165, 1.54) is 16.7 Å². The van der Waals surface area contributed by atoms with E-state index in [2.05, 4.69) is 47.1 Å². The molecule has 0 radical (unpaired) electrons. The van der Waals surface area contributed by atoms with Crippen molar-refractivity contribution >= 4 is 5.82 Å². The summed E-state index contributed by atoms with van der Waals surface area (Å²) >= 11 is 0. The minimum Gasteiger partial charge on any atom is -0.352 e. The average molecular weight is 267 g/mol. The van der Waals surface area contributed by atoms with Crippen LogP contribution in [0.1, 0.15) is 35.2 Å². The number of hydrogen-bond acceptors (Lipinski definition) is 3. The van der Waals surface area contributed by atoms with Gasteiger partial charge >= 0.3 is 0 Å². The summed E-state index contributed by atoms with van der Waals surface area (Å²) < 4.78 is 0. The first-order chi connectivity index (χ1) is 9.65. The second kappa shape index (κ2) is 5.25. The number of nitrogens with zero attached hydrogens (tertiary/aromatic N) is 2. The normalized spacial score (nSPS) is 15.8. The van der Waals surface area contributed by atoms with Crippen molar-refractivity contribution in [3.63, 3.8) is 0 Å². The maximum Gasteiger partial charge on any atom is 0.131 e. The molecule has 2 aromatic rings. The molecule has 20 heavy (non-hydrogen) atoms. The Bertz CT molecular complexity index is 619. The lowest BCUT2D eigenvalue weighted by Gasteiger charge is -2.31. The number of benzene rings is 1. The molecule has 0 saturated carbocycles. The van der Waals surface area contributed by atoms with Gasteiger partial charge in [0.1, 0.15) is 5.82 Å². The maximum absolute atomic E-state index is 5.92. The summed E-state index contributed by atoms with van der Waals surface area (Å²) in [5.74, 6) is 1.09. The van der Waals surface area contributed by atoms with Gasteiger partial charge in [0.25, 0.3) is 0 Å². The minimum absolute atomic E-state index is 0.0392. The Kier molecular flexibility index (Phi) is 3.45. The number of nitrogens with two attached hydrogens (primary N) is 1. The summed E-state index contributed by atoms with van der Waals surface area (Å²) in [6.07, 6.45) is 3.00. The van der Waals surface area contributed by atoms with Crippen molar-refractivity contribution in [2.24, 2.45) is 5.73 Å². The fourth-order valence-corrected chi connectivity index (χ4v) is 2.85. The van der Waals surface area contributed by atoms with Gasteiger partial charge in [-0.05, 0) is 48.6 Å². The lowest BCUT2D eigenvalue weighted by Crippen LogP contribution is -2.31. The van der Waals surface area contributed by atoms with E-state index in [-0.39, 0.29) is 6.04 Å². The van der Waals surface area contributed by atoms with E-state index >= 15 is 0 Å². The molecule has 1 aliphatic heterocycles. The molecule has 1 aromatic carbocycles. The molecule has 1 aliphatic rings. The van der Waals surface area contributed by atoms with E-state index in [0.717, 1.165) is 30.9 Å². The van der Waals surface area contributed by atoms with E-state index in [1.807, 2.05) is 13.1 Å². The van der Waals surface area contributed by atoms with Crippen LogP contribution >= 0.6 is 0 Å². The number of aromatic nitrogens is 1. The molecule has 0 amide bonds. The monoisotopic (exact) mass is 267 g/mol. The molecule has 1 aromatic heterocycles. The van der Waals surface area contributed by atoms with Gasteiger partial charge < -0.3 is 10.6 Å². The van der Waals surface area contributed by atoms with Crippen molar-refractivity contribution in [3.05, 3.63) is 58.8 Å². The van der Waals surface area contributed by atoms with Gasteiger partial charge in [0.15, 0.2) is 0 Å². The van der Waals surface area contributed by atoms with Gasteiger partial charge in [0, 0.05) is 25.3 Å². The average Bonchev–Trinajstić information content (AvgIpc) is 2.46. The zero-order valence-electron chi connectivity index (χ0n) is 12.1.